The van der Waals surface area contributed by atoms with Crippen molar-refractivity contribution in [2.24, 2.45) is 0 Å². The van der Waals surface area contributed by atoms with Gasteiger partial charge in [-0.1, -0.05) is 15.9 Å². The molecule has 0 aliphatic rings. The molecule has 16 heteroatoms. The first kappa shape index (κ1) is 32.5. The molecule has 0 bridgehead atoms. The molecule has 0 aliphatic heterocycles. The van der Waals surface area contributed by atoms with Gasteiger partial charge in [0.25, 0.3) is 5.91 Å². The second-order valence-corrected chi connectivity index (χ2v) is 10.1. The van der Waals surface area contributed by atoms with Crippen LogP contribution in [0.2, 0.25) is 0 Å². The molecule has 2 aromatic heterocycles. The van der Waals surface area contributed by atoms with Crippen LogP contribution >= 0.6 is 15.9 Å². The van der Waals surface area contributed by atoms with Crippen LogP contribution in [0.15, 0.2) is 65.5 Å². The van der Waals surface area contributed by atoms with Crippen LogP contribution in [0.1, 0.15) is 31.8 Å². The van der Waals surface area contributed by atoms with Crippen LogP contribution in [0.3, 0.4) is 0 Å². The van der Waals surface area contributed by atoms with Gasteiger partial charge < -0.3 is 19.3 Å². The van der Waals surface area contributed by atoms with Gasteiger partial charge in [-0.05, 0) is 35.9 Å². The number of amides is 1. The van der Waals surface area contributed by atoms with Crippen LogP contribution in [0.5, 0.6) is 11.6 Å². The van der Waals surface area contributed by atoms with Crippen molar-refractivity contribution in [3.05, 3.63) is 93.6 Å². The number of ether oxygens (including phenoxy) is 3. The smallest absolute Gasteiger partial charge is 0.421 e. The van der Waals surface area contributed by atoms with E-state index in [-0.39, 0.29) is 30.9 Å². The van der Waals surface area contributed by atoms with Crippen LogP contribution in [0.25, 0.3) is 0 Å². The zero-order valence-electron chi connectivity index (χ0n) is 23.1. The maximum atomic E-state index is 15.6. The number of hydrogen-bond donors (Lipinski definition) is 1. The third kappa shape index (κ3) is 7.56. The van der Waals surface area contributed by atoms with Gasteiger partial charge in [0.1, 0.15) is 5.56 Å². The molecule has 0 aliphatic carbocycles. The van der Waals surface area contributed by atoms with Gasteiger partial charge in [0, 0.05) is 42.6 Å². The van der Waals surface area contributed by atoms with Gasteiger partial charge in [-0.25, -0.2) is 14.2 Å². The summed E-state index contributed by atoms with van der Waals surface area (Å²) in [5.74, 6) is -5.46. The highest BCUT2D eigenvalue weighted by Gasteiger charge is 2.37. The molecule has 0 saturated heterocycles. The molecule has 2 heterocycles. The van der Waals surface area contributed by atoms with E-state index < -0.39 is 58.4 Å². The first-order valence-electron chi connectivity index (χ1n) is 12.6. The standard InChI is InChI=1S/C28H24BrF4N5O6/c1-42-14-19(15-43-2)38(26(39)17-3-5-18(29)6-4-17)23-11-22(30)24(10-20(23)27(40)41)44-25-21(28(31,32)33)9-16(12-34-25)13-37-35-7-8-36-37/h3-12,19H,13-15H2,1-2H3,(H,40,41). The Kier molecular flexibility index (Phi) is 10.3. The van der Waals surface area contributed by atoms with Gasteiger partial charge in [-0.3, -0.25) is 9.69 Å². The number of alkyl halides is 3. The SMILES string of the molecule is COCC(COC)N(C(=O)c1ccc(Br)cc1)c1cc(F)c(Oc2ncc(Cn3nccn3)cc2C(F)(F)F)cc1C(=O)O. The van der Waals surface area contributed by atoms with Crippen molar-refractivity contribution in [1.29, 1.82) is 0 Å². The average molecular weight is 682 g/mol. The minimum Gasteiger partial charge on any atom is -0.478 e. The number of carbonyl (C=O) groups excluding carboxylic acids is 1. The van der Waals surface area contributed by atoms with Gasteiger partial charge in [-0.15, -0.1) is 0 Å². The maximum absolute atomic E-state index is 15.6. The highest BCUT2D eigenvalue weighted by Crippen LogP contribution is 2.39. The molecule has 232 valence electrons. The Morgan fingerprint density at radius 3 is 2.25 bits per heavy atom. The van der Waals surface area contributed by atoms with E-state index in [9.17, 15) is 27.9 Å². The summed E-state index contributed by atoms with van der Waals surface area (Å²) in [5.41, 5.74) is -2.17. The molecule has 1 amide bonds. The van der Waals surface area contributed by atoms with Crippen molar-refractivity contribution >= 4 is 33.5 Å². The minimum atomic E-state index is -4.97. The topological polar surface area (TPSA) is 129 Å². The number of carboxylic acids is 1. The summed E-state index contributed by atoms with van der Waals surface area (Å²) in [6, 6.07) is 7.32. The summed E-state index contributed by atoms with van der Waals surface area (Å²) in [5, 5.41) is 17.8. The Morgan fingerprint density at radius 2 is 1.68 bits per heavy atom. The van der Waals surface area contributed by atoms with Crippen LogP contribution in [-0.2, 0) is 22.2 Å². The Balaban J connectivity index is 1.80. The third-order valence-electron chi connectivity index (χ3n) is 6.14. The summed E-state index contributed by atoms with van der Waals surface area (Å²) in [4.78, 5) is 32.0. The monoisotopic (exact) mass is 681 g/mol. The largest absolute Gasteiger partial charge is 0.478 e. The molecule has 0 unspecified atom stereocenters. The summed E-state index contributed by atoms with van der Waals surface area (Å²) in [7, 11) is 2.70. The Bertz CT molecular complexity index is 1610. The number of carboxylic acid groups (broad SMARTS) is 1. The average Bonchev–Trinajstić information content (AvgIpc) is 3.48. The molecule has 4 aromatic rings. The maximum Gasteiger partial charge on any atom is 0.421 e. The van der Waals surface area contributed by atoms with E-state index in [0.717, 1.165) is 22.0 Å². The van der Waals surface area contributed by atoms with Crippen LogP contribution in [-0.4, -0.2) is 70.4 Å². The fraction of sp³-hybridized carbons (Fsp3) is 0.250. The molecule has 11 nitrogen and oxygen atoms in total. The van der Waals surface area contributed by atoms with Gasteiger partial charge in [-0.2, -0.15) is 28.2 Å². The number of aromatic carboxylic acids is 1. The summed E-state index contributed by atoms with van der Waals surface area (Å²) in [6.07, 6.45) is -1.20. The normalized spacial score (nSPS) is 11.5. The Hall–Kier alpha value is -4.41. The van der Waals surface area contributed by atoms with Gasteiger partial charge in [0.2, 0.25) is 5.88 Å². The van der Waals surface area contributed by atoms with Crippen molar-refractivity contribution in [3.63, 3.8) is 0 Å². The van der Waals surface area contributed by atoms with Gasteiger partial charge in [0.15, 0.2) is 11.6 Å². The fourth-order valence-electron chi connectivity index (χ4n) is 4.24. The molecule has 0 saturated carbocycles. The van der Waals surface area contributed by atoms with Crippen molar-refractivity contribution in [2.45, 2.75) is 18.8 Å². The van der Waals surface area contributed by atoms with Gasteiger partial charge in [0.05, 0.1) is 49.4 Å². The van der Waals surface area contributed by atoms with E-state index in [1.807, 2.05) is 0 Å². The van der Waals surface area contributed by atoms with Crippen molar-refractivity contribution < 1.29 is 46.5 Å². The van der Waals surface area contributed by atoms with Crippen molar-refractivity contribution in [1.82, 2.24) is 20.0 Å². The third-order valence-corrected chi connectivity index (χ3v) is 6.67. The zero-order valence-corrected chi connectivity index (χ0v) is 24.7. The first-order chi connectivity index (χ1) is 20.9. The van der Waals surface area contributed by atoms with Gasteiger partial charge >= 0.3 is 12.1 Å². The van der Waals surface area contributed by atoms with E-state index in [0.29, 0.717) is 16.6 Å². The number of rotatable bonds is 12. The number of anilines is 1. The quantitative estimate of drug-likeness (QED) is 0.194. The summed E-state index contributed by atoms with van der Waals surface area (Å²) < 4.78 is 73.9. The van der Waals surface area contributed by atoms with Crippen molar-refractivity contribution in [2.75, 3.05) is 32.3 Å². The van der Waals surface area contributed by atoms with Crippen LogP contribution in [0.4, 0.5) is 23.2 Å². The number of benzene rings is 2. The van der Waals surface area contributed by atoms with E-state index in [1.165, 1.54) is 38.7 Å². The lowest BCUT2D eigenvalue weighted by Gasteiger charge is -2.32. The summed E-state index contributed by atoms with van der Waals surface area (Å²) >= 11 is 3.28. The Labute approximate surface area is 256 Å². The Morgan fingerprint density at radius 1 is 1.05 bits per heavy atom. The highest BCUT2D eigenvalue weighted by molar-refractivity contribution is 9.10. The predicted octanol–water partition coefficient (Wildman–Crippen LogP) is 5.44. The van der Waals surface area contributed by atoms with E-state index in [2.05, 4.69) is 31.1 Å². The fourth-order valence-corrected chi connectivity index (χ4v) is 4.50. The highest BCUT2D eigenvalue weighted by atomic mass is 79.9. The lowest BCUT2D eigenvalue weighted by molar-refractivity contribution is -0.139. The lowest BCUT2D eigenvalue weighted by Crippen LogP contribution is -2.46. The lowest BCUT2D eigenvalue weighted by atomic mass is 10.1. The van der Waals surface area contributed by atoms with E-state index >= 15 is 4.39 Å². The molecular formula is C28H24BrF4N5O6. The second kappa shape index (κ2) is 13.9. The predicted molar refractivity (Wildman–Crippen MR) is 150 cm³/mol. The zero-order chi connectivity index (χ0) is 32.0. The number of methoxy groups -OCH3 is 2. The first-order valence-corrected chi connectivity index (χ1v) is 13.4. The molecule has 0 radical (unpaired) electrons. The van der Waals surface area contributed by atoms with Crippen LogP contribution in [0, 0.1) is 5.82 Å². The molecule has 2 aromatic carbocycles. The van der Waals surface area contributed by atoms with Crippen molar-refractivity contribution in [3.8, 4) is 11.6 Å². The number of nitrogens with zero attached hydrogens (tertiary/aromatic N) is 5. The molecule has 0 atom stereocenters. The molecule has 4 rings (SSSR count). The number of aromatic nitrogens is 4. The number of hydrogen-bond acceptors (Lipinski definition) is 8. The molecular weight excluding hydrogens is 658 g/mol. The molecule has 1 N–H and O–H groups in total. The molecule has 44 heavy (non-hydrogen) atoms. The number of pyridine rings is 1. The molecule has 0 spiro atoms. The second-order valence-electron chi connectivity index (χ2n) is 9.21. The van der Waals surface area contributed by atoms with Crippen LogP contribution < -0.4 is 9.64 Å². The minimum absolute atomic E-state index is 0.0762. The molecule has 0 fully saturated rings. The van der Waals surface area contributed by atoms with E-state index in [1.54, 1.807) is 12.1 Å². The number of halogens is 5. The van der Waals surface area contributed by atoms with E-state index in [4.69, 9.17) is 14.2 Å². The summed E-state index contributed by atoms with van der Waals surface area (Å²) in [6.45, 7) is -0.398. The number of carbonyl (C=O) groups is 2.